The number of rotatable bonds is 18. The second kappa shape index (κ2) is 19.3. The Morgan fingerprint density at radius 2 is 0.961 bits per heavy atom. The van der Waals surface area contributed by atoms with Gasteiger partial charge < -0.3 is 28.5 Å². The Morgan fingerprint density at radius 1 is 0.569 bits per heavy atom. The number of ether oxygens (including phenoxy) is 4. The molecule has 4 aromatic rings. The molecular weight excluding hydrogens is 673 g/mol. The molecule has 0 aliphatic carbocycles. The van der Waals surface area contributed by atoms with Crippen molar-refractivity contribution < 1.29 is 28.5 Å². The van der Waals surface area contributed by atoms with Crippen LogP contribution in [0.2, 0.25) is 16.6 Å². The molecule has 0 saturated carbocycles. The molecule has 1 aliphatic rings. The molecule has 274 valence electrons. The van der Waals surface area contributed by atoms with Gasteiger partial charge in [-0.2, -0.15) is 0 Å². The lowest BCUT2D eigenvalue weighted by Crippen LogP contribution is -2.63. The van der Waals surface area contributed by atoms with Crippen LogP contribution in [0.4, 0.5) is 0 Å². The fourth-order valence-electron chi connectivity index (χ4n) is 7.55. The number of thioether (sulfide) groups is 1. The number of aliphatic hydroxyl groups is 1. The van der Waals surface area contributed by atoms with Gasteiger partial charge in [0, 0.05) is 4.90 Å². The fraction of sp³-hybridized carbons (Fsp3) is 0.442. The topological polar surface area (TPSA) is 66.4 Å². The minimum Gasteiger partial charge on any atom is -0.413 e. The highest BCUT2D eigenvalue weighted by molar-refractivity contribution is 7.99. The van der Waals surface area contributed by atoms with Crippen LogP contribution in [0.15, 0.2) is 126 Å². The Hall–Kier alpha value is -2.79. The van der Waals surface area contributed by atoms with E-state index in [1.54, 1.807) is 11.8 Å². The summed E-state index contributed by atoms with van der Waals surface area (Å²) in [4.78, 5) is 1.04. The molecule has 6 nitrogen and oxygen atoms in total. The third kappa shape index (κ3) is 10.4. The van der Waals surface area contributed by atoms with E-state index in [1.165, 1.54) is 0 Å². The van der Waals surface area contributed by atoms with Crippen LogP contribution < -0.4 is 0 Å². The molecule has 0 unspecified atom stereocenters. The normalized spacial score (nSPS) is 21.7. The number of hydrogen-bond donors (Lipinski definition) is 1. The van der Waals surface area contributed by atoms with E-state index < -0.39 is 44.3 Å². The summed E-state index contributed by atoms with van der Waals surface area (Å²) in [5.41, 5.74) is 3.75. The number of hydrogen-bond acceptors (Lipinski definition) is 7. The van der Waals surface area contributed by atoms with Crippen molar-refractivity contribution in [3.63, 3.8) is 0 Å². The second-order valence-electron chi connectivity index (χ2n) is 14.4. The van der Waals surface area contributed by atoms with E-state index in [1.807, 2.05) is 84.9 Å². The third-order valence-electron chi connectivity index (χ3n) is 9.97. The lowest BCUT2D eigenvalue weighted by molar-refractivity contribution is -0.264. The van der Waals surface area contributed by atoms with Gasteiger partial charge in [-0.05, 0) is 45.4 Å². The molecule has 51 heavy (non-hydrogen) atoms. The average molecular weight is 729 g/mol. The molecule has 0 spiro atoms. The molecule has 1 N–H and O–H groups in total. The van der Waals surface area contributed by atoms with Gasteiger partial charge >= 0.3 is 0 Å². The highest BCUT2D eigenvalue weighted by atomic mass is 32.2. The molecule has 1 fully saturated rings. The van der Waals surface area contributed by atoms with Crippen molar-refractivity contribution in [3.05, 3.63) is 138 Å². The molecule has 4 aromatic carbocycles. The summed E-state index contributed by atoms with van der Waals surface area (Å²) in [5, 5.41) is 12.2. The molecular formula is C43H56O6SSi. The van der Waals surface area contributed by atoms with Gasteiger partial charge in [-0.25, -0.2) is 0 Å². The van der Waals surface area contributed by atoms with Crippen LogP contribution in [0.5, 0.6) is 0 Å². The van der Waals surface area contributed by atoms with Crippen LogP contribution in [0, 0.1) is 0 Å². The van der Waals surface area contributed by atoms with E-state index in [2.05, 4.69) is 77.9 Å². The smallest absolute Gasteiger partial charge is 0.200 e. The standard InChI is InChI=1S/C43H56O6SSi/c1-31(2)51(32(3)4,33(5)6)48-30-38(44)39-40(45-27-34-19-11-7-12-20-34)41(46-28-35-21-13-8-14-22-35)42(47-29-36-23-15-9-16-24-36)43(49-39)50-37-25-17-10-18-26-37/h7-26,31-33,38-44H,27-30H2,1-6H3/t38-,39+,40+,41-,42-,43+/m0/s1. The second-order valence-corrected chi connectivity index (χ2v) is 21.0. The Labute approximate surface area is 311 Å². The first kappa shape index (κ1) is 39.4. The Morgan fingerprint density at radius 3 is 1.39 bits per heavy atom. The van der Waals surface area contributed by atoms with Gasteiger partial charge in [0.1, 0.15) is 36.0 Å². The first-order chi connectivity index (χ1) is 24.7. The fourth-order valence-corrected chi connectivity index (χ4v) is 14.1. The van der Waals surface area contributed by atoms with Crippen molar-refractivity contribution in [1.29, 1.82) is 0 Å². The van der Waals surface area contributed by atoms with E-state index in [4.69, 9.17) is 23.4 Å². The lowest BCUT2D eigenvalue weighted by Gasteiger charge is -2.48. The van der Waals surface area contributed by atoms with Crippen molar-refractivity contribution >= 4 is 20.1 Å². The summed E-state index contributed by atoms with van der Waals surface area (Å²) in [6, 6.07) is 40.6. The van der Waals surface area contributed by atoms with E-state index in [0.29, 0.717) is 36.4 Å². The summed E-state index contributed by atoms with van der Waals surface area (Å²) in [6.45, 7) is 14.8. The summed E-state index contributed by atoms with van der Waals surface area (Å²) < 4.78 is 34.5. The molecule has 1 heterocycles. The largest absolute Gasteiger partial charge is 0.413 e. The predicted octanol–water partition coefficient (Wildman–Crippen LogP) is 9.81. The number of benzene rings is 4. The maximum absolute atomic E-state index is 12.2. The number of aliphatic hydroxyl groups excluding tert-OH is 1. The molecule has 8 heteroatoms. The Bertz CT molecular complexity index is 1520. The van der Waals surface area contributed by atoms with E-state index >= 15 is 0 Å². The van der Waals surface area contributed by atoms with E-state index in [9.17, 15) is 5.11 Å². The molecule has 5 rings (SSSR count). The van der Waals surface area contributed by atoms with Crippen LogP contribution >= 0.6 is 11.8 Å². The Balaban J connectivity index is 1.53. The van der Waals surface area contributed by atoms with Crippen molar-refractivity contribution in [1.82, 2.24) is 0 Å². The van der Waals surface area contributed by atoms with Crippen LogP contribution in [0.25, 0.3) is 0 Å². The quantitative estimate of drug-likeness (QED) is 0.102. The van der Waals surface area contributed by atoms with Gasteiger partial charge in [0.05, 0.1) is 26.4 Å². The van der Waals surface area contributed by atoms with E-state index in [0.717, 1.165) is 21.6 Å². The van der Waals surface area contributed by atoms with Gasteiger partial charge in [0.2, 0.25) is 0 Å². The zero-order valence-electron chi connectivity index (χ0n) is 31.0. The molecule has 0 bridgehead atoms. The van der Waals surface area contributed by atoms with Crippen molar-refractivity contribution in [2.24, 2.45) is 0 Å². The maximum Gasteiger partial charge on any atom is 0.200 e. The molecule has 0 amide bonds. The van der Waals surface area contributed by atoms with Crippen LogP contribution in [0.3, 0.4) is 0 Å². The first-order valence-electron chi connectivity index (χ1n) is 18.3. The summed E-state index contributed by atoms with van der Waals surface area (Å²) in [5.74, 6) is 0. The highest BCUT2D eigenvalue weighted by Gasteiger charge is 2.52. The minimum absolute atomic E-state index is 0.153. The summed E-state index contributed by atoms with van der Waals surface area (Å²) in [6.07, 6.45) is -3.47. The predicted molar refractivity (Wildman–Crippen MR) is 209 cm³/mol. The first-order valence-corrected chi connectivity index (χ1v) is 21.4. The zero-order chi connectivity index (χ0) is 36.2. The molecule has 1 aliphatic heterocycles. The monoisotopic (exact) mass is 728 g/mol. The SMILES string of the molecule is CC(C)[Si](OC[C@H](O)[C@H]1O[C@H](Sc2ccccc2)[C@@H](OCc2ccccc2)[C@@H](OCc2ccccc2)[C@@H]1OCc1ccccc1)(C(C)C)C(C)C. The van der Waals surface area contributed by atoms with Crippen molar-refractivity contribution in [2.45, 2.75) is 119 Å². The highest BCUT2D eigenvalue weighted by Crippen LogP contribution is 2.43. The minimum atomic E-state index is -2.28. The van der Waals surface area contributed by atoms with Crippen molar-refractivity contribution in [3.8, 4) is 0 Å². The van der Waals surface area contributed by atoms with Gasteiger partial charge in [-0.1, -0.05) is 162 Å². The van der Waals surface area contributed by atoms with Gasteiger partial charge in [-0.15, -0.1) is 0 Å². The van der Waals surface area contributed by atoms with Crippen molar-refractivity contribution in [2.75, 3.05) is 6.61 Å². The van der Waals surface area contributed by atoms with Gasteiger partial charge in [0.25, 0.3) is 0 Å². The third-order valence-corrected chi connectivity index (χ3v) is 17.2. The Kier molecular flexibility index (Phi) is 14.9. The maximum atomic E-state index is 12.2. The summed E-state index contributed by atoms with van der Waals surface area (Å²) >= 11 is 1.58. The van der Waals surface area contributed by atoms with Crippen LogP contribution in [0.1, 0.15) is 58.2 Å². The van der Waals surface area contributed by atoms with Gasteiger partial charge in [0.15, 0.2) is 8.32 Å². The summed E-state index contributed by atoms with van der Waals surface area (Å²) in [7, 11) is -2.28. The molecule has 1 saturated heterocycles. The van der Waals surface area contributed by atoms with Gasteiger partial charge in [-0.3, -0.25) is 0 Å². The molecule has 0 radical (unpaired) electrons. The average Bonchev–Trinajstić information content (AvgIpc) is 3.14. The van der Waals surface area contributed by atoms with Crippen LogP contribution in [-0.2, 0) is 43.2 Å². The molecule has 0 aromatic heterocycles. The van der Waals surface area contributed by atoms with Crippen LogP contribution in [-0.4, -0.2) is 56.0 Å². The lowest BCUT2D eigenvalue weighted by atomic mass is 9.95. The zero-order valence-corrected chi connectivity index (χ0v) is 32.8. The van der Waals surface area contributed by atoms with E-state index in [-0.39, 0.29) is 6.61 Å². The molecule has 6 atom stereocenters.